The van der Waals surface area contributed by atoms with Gasteiger partial charge >= 0.3 is 12.1 Å². The van der Waals surface area contributed by atoms with Crippen LogP contribution in [0.2, 0.25) is 0 Å². The van der Waals surface area contributed by atoms with E-state index in [0.717, 1.165) is 32.4 Å². The largest absolute Gasteiger partial charge is 0.467 e. The third-order valence-corrected chi connectivity index (χ3v) is 6.45. The van der Waals surface area contributed by atoms with Gasteiger partial charge in [-0.15, -0.1) is 0 Å². The molecule has 0 aromatic rings. The molecule has 9 nitrogen and oxygen atoms in total. The highest BCUT2D eigenvalue weighted by Gasteiger charge is 2.32. The molecule has 0 spiro atoms. The quantitative estimate of drug-likeness (QED) is 0.251. The molecule has 3 unspecified atom stereocenters. The average Bonchev–Trinajstić information content (AvgIpc) is 3.17. The molecule has 0 N–H and O–H groups in total. The fraction of sp³-hybridized carbons (Fsp3) is 0.870. The Hall–Kier alpha value is -1.87. The summed E-state index contributed by atoms with van der Waals surface area (Å²) in [5.41, 5.74) is 0. The second kappa shape index (κ2) is 14.3. The molecule has 4 atom stereocenters. The number of hydrogen-bond acceptors (Lipinski definition) is 8. The smallest absolute Gasteiger partial charge is 0.410 e. The summed E-state index contributed by atoms with van der Waals surface area (Å²) in [6.45, 7) is 6.22. The summed E-state index contributed by atoms with van der Waals surface area (Å²) < 4.78 is 20.9. The number of methoxy groups -OCH3 is 1. The second-order valence-corrected chi connectivity index (χ2v) is 9.14. The first kappa shape index (κ1) is 26.4. The van der Waals surface area contributed by atoms with Crippen molar-refractivity contribution in [2.45, 2.75) is 51.5 Å². The van der Waals surface area contributed by atoms with Crippen molar-refractivity contribution in [1.29, 1.82) is 0 Å². The highest BCUT2D eigenvalue weighted by molar-refractivity contribution is 5.70. The molecule has 1 amide bonds. The molecule has 2 saturated heterocycles. The first-order valence-corrected chi connectivity index (χ1v) is 11.8. The van der Waals surface area contributed by atoms with Gasteiger partial charge in [0.05, 0.1) is 32.3 Å². The van der Waals surface area contributed by atoms with E-state index in [9.17, 15) is 14.4 Å². The van der Waals surface area contributed by atoms with Crippen molar-refractivity contribution in [3.05, 3.63) is 0 Å². The predicted octanol–water partition coefficient (Wildman–Crippen LogP) is 2.32. The van der Waals surface area contributed by atoms with E-state index in [-0.39, 0.29) is 37.7 Å². The lowest BCUT2D eigenvalue weighted by Crippen LogP contribution is -2.40. The number of carbonyl (C=O) groups is 3. The van der Waals surface area contributed by atoms with Crippen molar-refractivity contribution in [3.63, 3.8) is 0 Å². The highest BCUT2D eigenvalue weighted by Crippen LogP contribution is 2.24. The Morgan fingerprint density at radius 2 is 1.81 bits per heavy atom. The molecular formula is C23H40N2O7. The van der Waals surface area contributed by atoms with Gasteiger partial charge in [0, 0.05) is 38.6 Å². The molecule has 2 aliphatic rings. The van der Waals surface area contributed by atoms with E-state index in [1.165, 1.54) is 20.0 Å². The molecular weight excluding hydrogens is 416 g/mol. The molecule has 0 bridgehead atoms. The molecule has 32 heavy (non-hydrogen) atoms. The van der Waals surface area contributed by atoms with Gasteiger partial charge in [-0.3, -0.25) is 9.59 Å². The SMILES string of the molecule is CC[C@@H]1CCC(COC(=O)N2CCCC2COC(=O)CC(COC)COC=O)CN(C)C1. The van der Waals surface area contributed by atoms with Gasteiger partial charge in [-0.05, 0) is 38.6 Å². The number of hydrogen-bond donors (Lipinski definition) is 0. The Morgan fingerprint density at radius 1 is 1.06 bits per heavy atom. The summed E-state index contributed by atoms with van der Waals surface area (Å²) in [6, 6.07) is -0.167. The average molecular weight is 457 g/mol. The standard InChI is InChI=1S/C23H40N2O7/c1-4-18-7-8-19(12-24(2)11-18)15-32-23(28)25-9-5-6-21(25)16-31-22(27)10-20(13-29-3)14-30-17-26/h17-21H,4-16H2,1-3H3/t18-,19?,20?,21?/m1/s1. The zero-order valence-corrected chi connectivity index (χ0v) is 19.8. The molecule has 0 radical (unpaired) electrons. The van der Waals surface area contributed by atoms with Crippen molar-refractivity contribution < 1.29 is 33.3 Å². The van der Waals surface area contributed by atoms with Crippen LogP contribution in [0.5, 0.6) is 0 Å². The predicted molar refractivity (Wildman–Crippen MR) is 118 cm³/mol. The van der Waals surface area contributed by atoms with E-state index in [2.05, 4.69) is 18.9 Å². The Labute approximate surface area is 191 Å². The molecule has 0 aromatic heterocycles. The number of rotatable bonds is 12. The first-order chi connectivity index (χ1) is 15.5. The minimum absolute atomic E-state index is 0.0901. The van der Waals surface area contributed by atoms with Crippen LogP contribution < -0.4 is 0 Å². The zero-order chi connectivity index (χ0) is 23.3. The van der Waals surface area contributed by atoms with Crippen molar-refractivity contribution >= 4 is 18.5 Å². The molecule has 2 aliphatic heterocycles. The number of ether oxygens (including phenoxy) is 4. The van der Waals surface area contributed by atoms with E-state index >= 15 is 0 Å². The van der Waals surface area contributed by atoms with Gasteiger partial charge in [0.15, 0.2) is 0 Å². The summed E-state index contributed by atoms with van der Waals surface area (Å²) in [4.78, 5) is 39.3. The first-order valence-electron chi connectivity index (χ1n) is 11.8. The topological polar surface area (TPSA) is 94.6 Å². The van der Waals surface area contributed by atoms with Gasteiger partial charge in [-0.2, -0.15) is 0 Å². The van der Waals surface area contributed by atoms with Crippen LogP contribution in [0, 0.1) is 17.8 Å². The maximum atomic E-state index is 12.7. The molecule has 9 heteroatoms. The summed E-state index contributed by atoms with van der Waals surface area (Å²) in [5, 5.41) is 0. The van der Waals surface area contributed by atoms with Crippen LogP contribution in [0.25, 0.3) is 0 Å². The van der Waals surface area contributed by atoms with E-state index in [0.29, 0.717) is 38.1 Å². The lowest BCUT2D eigenvalue weighted by molar-refractivity contribution is -0.148. The maximum Gasteiger partial charge on any atom is 0.410 e. The lowest BCUT2D eigenvalue weighted by Gasteiger charge is -2.26. The molecule has 2 fully saturated rings. The van der Waals surface area contributed by atoms with E-state index in [1.54, 1.807) is 4.90 Å². The van der Waals surface area contributed by atoms with Crippen LogP contribution in [0.3, 0.4) is 0 Å². The summed E-state index contributed by atoms with van der Waals surface area (Å²) in [6.07, 6.45) is 4.85. The molecule has 2 heterocycles. The molecule has 0 aromatic carbocycles. The van der Waals surface area contributed by atoms with Crippen LogP contribution in [0.1, 0.15) is 45.4 Å². The number of esters is 1. The summed E-state index contributed by atoms with van der Waals surface area (Å²) in [5.74, 6) is 0.415. The van der Waals surface area contributed by atoms with Crippen molar-refractivity contribution in [2.75, 3.05) is 60.2 Å². The van der Waals surface area contributed by atoms with Crippen LogP contribution in [-0.2, 0) is 28.5 Å². The van der Waals surface area contributed by atoms with Crippen molar-refractivity contribution in [3.8, 4) is 0 Å². The summed E-state index contributed by atoms with van der Waals surface area (Å²) in [7, 11) is 3.66. The number of amides is 1. The Bertz CT molecular complexity index is 589. The minimum Gasteiger partial charge on any atom is -0.467 e. The minimum atomic E-state index is -0.395. The lowest BCUT2D eigenvalue weighted by atomic mass is 9.97. The van der Waals surface area contributed by atoms with Crippen molar-refractivity contribution in [1.82, 2.24) is 9.80 Å². The van der Waals surface area contributed by atoms with Crippen LogP contribution in [0.4, 0.5) is 4.79 Å². The van der Waals surface area contributed by atoms with Gasteiger partial charge in [-0.25, -0.2) is 4.79 Å². The monoisotopic (exact) mass is 456 g/mol. The molecule has 2 rings (SSSR count). The highest BCUT2D eigenvalue weighted by atomic mass is 16.6. The zero-order valence-electron chi connectivity index (χ0n) is 19.8. The third-order valence-electron chi connectivity index (χ3n) is 6.45. The Kier molecular flexibility index (Phi) is 11.8. The maximum absolute atomic E-state index is 12.7. The van der Waals surface area contributed by atoms with Crippen LogP contribution in [-0.4, -0.2) is 94.6 Å². The van der Waals surface area contributed by atoms with E-state index in [1.807, 2.05) is 0 Å². The third kappa shape index (κ3) is 8.94. The number of carbonyl (C=O) groups excluding carboxylic acids is 3. The van der Waals surface area contributed by atoms with Crippen molar-refractivity contribution in [2.24, 2.45) is 17.8 Å². The number of likely N-dealkylation sites (tertiary alicyclic amines) is 2. The van der Waals surface area contributed by atoms with Crippen LogP contribution >= 0.6 is 0 Å². The normalized spacial score (nSPS) is 25.1. The molecule has 0 saturated carbocycles. The van der Waals surface area contributed by atoms with E-state index in [4.69, 9.17) is 18.9 Å². The van der Waals surface area contributed by atoms with Gasteiger partial charge in [0.1, 0.15) is 6.61 Å². The molecule has 0 aliphatic carbocycles. The summed E-state index contributed by atoms with van der Waals surface area (Å²) >= 11 is 0. The second-order valence-electron chi connectivity index (χ2n) is 9.14. The number of nitrogens with zero attached hydrogens (tertiary/aromatic N) is 2. The van der Waals surface area contributed by atoms with Gasteiger partial charge in [0.25, 0.3) is 6.47 Å². The van der Waals surface area contributed by atoms with Gasteiger partial charge in [0.2, 0.25) is 0 Å². The Morgan fingerprint density at radius 3 is 2.53 bits per heavy atom. The fourth-order valence-electron chi connectivity index (χ4n) is 4.66. The van der Waals surface area contributed by atoms with E-state index < -0.39 is 5.97 Å². The molecule has 184 valence electrons. The fourth-order valence-corrected chi connectivity index (χ4v) is 4.66. The van der Waals surface area contributed by atoms with Gasteiger partial charge in [-0.1, -0.05) is 13.3 Å². The Balaban J connectivity index is 1.75. The van der Waals surface area contributed by atoms with Gasteiger partial charge < -0.3 is 28.7 Å². The van der Waals surface area contributed by atoms with Crippen LogP contribution in [0.15, 0.2) is 0 Å².